The van der Waals surface area contributed by atoms with Crippen molar-refractivity contribution in [3.05, 3.63) is 29.3 Å². The molecule has 0 amide bonds. The Hall–Kier alpha value is -1.39. The first-order valence-electron chi connectivity index (χ1n) is 6.44. The van der Waals surface area contributed by atoms with Gasteiger partial charge in [-0.05, 0) is 19.1 Å². The molecular formula is C14H21N3O. The summed E-state index contributed by atoms with van der Waals surface area (Å²) < 4.78 is 5.32. The monoisotopic (exact) mass is 247 g/mol. The molecule has 1 fully saturated rings. The Kier molecular flexibility index (Phi) is 4.73. The van der Waals surface area contributed by atoms with Crippen LogP contribution >= 0.6 is 0 Å². The molecule has 2 rings (SSSR count). The zero-order valence-electron chi connectivity index (χ0n) is 10.9. The van der Waals surface area contributed by atoms with Crippen LogP contribution in [0.5, 0.6) is 0 Å². The molecule has 98 valence electrons. The maximum atomic E-state index is 7.42. The molecule has 0 spiro atoms. The van der Waals surface area contributed by atoms with Crippen molar-refractivity contribution in [2.45, 2.75) is 6.92 Å². The molecular weight excluding hydrogens is 226 g/mol. The van der Waals surface area contributed by atoms with Gasteiger partial charge in [-0.2, -0.15) is 0 Å². The first-order valence-corrected chi connectivity index (χ1v) is 6.44. The third-order valence-electron chi connectivity index (χ3n) is 3.21. The average Bonchev–Trinajstić information content (AvgIpc) is 2.41. The molecule has 0 bridgehead atoms. The van der Waals surface area contributed by atoms with Gasteiger partial charge in [0.15, 0.2) is 0 Å². The number of ether oxygens (including phenoxy) is 1. The molecule has 1 aliphatic heterocycles. The molecule has 0 aliphatic carbocycles. The normalized spacial score (nSPS) is 16.5. The van der Waals surface area contributed by atoms with Crippen molar-refractivity contribution in [2.24, 2.45) is 0 Å². The Morgan fingerprint density at radius 3 is 2.89 bits per heavy atom. The lowest BCUT2D eigenvalue weighted by Crippen LogP contribution is -2.39. The molecule has 1 aromatic carbocycles. The van der Waals surface area contributed by atoms with Crippen molar-refractivity contribution in [1.82, 2.24) is 4.90 Å². The number of nitrogens with zero attached hydrogens (tertiary/aromatic N) is 1. The van der Waals surface area contributed by atoms with E-state index in [0.717, 1.165) is 50.6 Å². The fraction of sp³-hybridized carbons (Fsp3) is 0.500. The number of nitrogens with one attached hydrogen (secondary N) is 2. The summed E-state index contributed by atoms with van der Waals surface area (Å²) in [4.78, 5) is 2.40. The molecule has 0 radical (unpaired) electrons. The van der Waals surface area contributed by atoms with E-state index in [2.05, 4.69) is 22.3 Å². The standard InChI is InChI=1S/C14H21N3O/c1-12-2-3-14(13(10-12)11-15)16-4-5-17-6-8-18-9-7-17/h2-3,10-11,15-16H,4-9H2,1H3. The third-order valence-corrected chi connectivity index (χ3v) is 3.21. The van der Waals surface area contributed by atoms with Crippen LogP contribution in [0.3, 0.4) is 0 Å². The molecule has 0 unspecified atom stereocenters. The lowest BCUT2D eigenvalue weighted by atomic mass is 10.1. The van der Waals surface area contributed by atoms with Gasteiger partial charge in [0.05, 0.1) is 13.2 Å². The Balaban J connectivity index is 1.84. The molecule has 1 saturated heterocycles. The Bertz CT molecular complexity index is 400. The Morgan fingerprint density at radius 1 is 1.39 bits per heavy atom. The quantitative estimate of drug-likeness (QED) is 0.779. The third kappa shape index (κ3) is 3.55. The topological polar surface area (TPSA) is 48.4 Å². The molecule has 1 aliphatic rings. The number of morpholine rings is 1. The zero-order chi connectivity index (χ0) is 12.8. The summed E-state index contributed by atoms with van der Waals surface area (Å²) in [6.45, 7) is 7.70. The van der Waals surface area contributed by atoms with Crippen molar-refractivity contribution in [1.29, 1.82) is 5.41 Å². The van der Waals surface area contributed by atoms with E-state index in [0.29, 0.717) is 0 Å². The largest absolute Gasteiger partial charge is 0.383 e. The summed E-state index contributed by atoms with van der Waals surface area (Å²) >= 11 is 0. The van der Waals surface area contributed by atoms with E-state index < -0.39 is 0 Å². The minimum absolute atomic E-state index is 0.844. The summed E-state index contributed by atoms with van der Waals surface area (Å²) in [6, 6.07) is 6.16. The summed E-state index contributed by atoms with van der Waals surface area (Å²) in [5.41, 5.74) is 3.19. The molecule has 0 atom stereocenters. The van der Waals surface area contributed by atoms with Crippen LogP contribution in [0.4, 0.5) is 5.69 Å². The highest BCUT2D eigenvalue weighted by Crippen LogP contribution is 2.15. The van der Waals surface area contributed by atoms with Gasteiger partial charge in [-0.3, -0.25) is 4.90 Å². The van der Waals surface area contributed by atoms with E-state index in [1.54, 1.807) is 0 Å². The van der Waals surface area contributed by atoms with Crippen LogP contribution in [0.2, 0.25) is 0 Å². The van der Waals surface area contributed by atoms with Crippen molar-refractivity contribution in [3.63, 3.8) is 0 Å². The number of benzene rings is 1. The number of aryl methyl sites for hydroxylation is 1. The highest BCUT2D eigenvalue weighted by atomic mass is 16.5. The highest BCUT2D eigenvalue weighted by molar-refractivity contribution is 5.86. The number of rotatable bonds is 5. The van der Waals surface area contributed by atoms with Gasteiger partial charge in [0, 0.05) is 43.6 Å². The molecule has 1 aromatic rings. The number of hydrogen-bond donors (Lipinski definition) is 2. The minimum Gasteiger partial charge on any atom is -0.383 e. The predicted octanol–water partition coefficient (Wildman–Crippen LogP) is 1.74. The maximum Gasteiger partial charge on any atom is 0.0594 e. The number of anilines is 1. The van der Waals surface area contributed by atoms with Crippen molar-refractivity contribution in [3.8, 4) is 0 Å². The molecule has 4 heteroatoms. The fourth-order valence-electron chi connectivity index (χ4n) is 2.14. The summed E-state index contributed by atoms with van der Waals surface area (Å²) in [5, 5.41) is 10.8. The molecule has 18 heavy (non-hydrogen) atoms. The van der Waals surface area contributed by atoms with Crippen LogP contribution < -0.4 is 5.32 Å². The van der Waals surface area contributed by atoms with Crippen LogP contribution in [0.25, 0.3) is 0 Å². The molecule has 0 aromatic heterocycles. The lowest BCUT2D eigenvalue weighted by molar-refractivity contribution is 0.0398. The Morgan fingerprint density at radius 2 is 2.17 bits per heavy atom. The van der Waals surface area contributed by atoms with Crippen LogP contribution in [0.1, 0.15) is 11.1 Å². The van der Waals surface area contributed by atoms with Gasteiger partial charge in [0.25, 0.3) is 0 Å². The van der Waals surface area contributed by atoms with E-state index in [1.165, 1.54) is 11.8 Å². The van der Waals surface area contributed by atoms with Crippen LogP contribution in [0.15, 0.2) is 18.2 Å². The second-order valence-electron chi connectivity index (χ2n) is 4.62. The predicted molar refractivity (Wildman–Crippen MR) is 74.8 cm³/mol. The molecule has 1 heterocycles. The fourth-order valence-corrected chi connectivity index (χ4v) is 2.14. The van der Waals surface area contributed by atoms with Gasteiger partial charge >= 0.3 is 0 Å². The minimum atomic E-state index is 0.844. The molecule has 0 saturated carbocycles. The van der Waals surface area contributed by atoms with E-state index >= 15 is 0 Å². The van der Waals surface area contributed by atoms with E-state index in [4.69, 9.17) is 10.1 Å². The van der Waals surface area contributed by atoms with Crippen molar-refractivity contribution < 1.29 is 4.74 Å². The SMILES string of the molecule is Cc1ccc(NCCN2CCOCC2)c(C=N)c1. The van der Waals surface area contributed by atoms with E-state index in [9.17, 15) is 0 Å². The zero-order valence-corrected chi connectivity index (χ0v) is 10.9. The maximum absolute atomic E-state index is 7.42. The highest BCUT2D eigenvalue weighted by Gasteiger charge is 2.09. The van der Waals surface area contributed by atoms with Crippen molar-refractivity contribution in [2.75, 3.05) is 44.7 Å². The summed E-state index contributed by atoms with van der Waals surface area (Å²) in [7, 11) is 0. The van der Waals surface area contributed by atoms with Crippen molar-refractivity contribution >= 4 is 11.9 Å². The van der Waals surface area contributed by atoms with Crippen LogP contribution in [-0.2, 0) is 4.74 Å². The van der Waals surface area contributed by atoms with Gasteiger partial charge < -0.3 is 15.5 Å². The summed E-state index contributed by atoms with van der Waals surface area (Å²) in [5.74, 6) is 0. The van der Waals surface area contributed by atoms with Gasteiger partial charge in [0.1, 0.15) is 0 Å². The van der Waals surface area contributed by atoms with Gasteiger partial charge in [-0.15, -0.1) is 0 Å². The van der Waals surface area contributed by atoms with Crippen LogP contribution in [0, 0.1) is 12.3 Å². The second kappa shape index (κ2) is 6.52. The molecule has 2 N–H and O–H groups in total. The van der Waals surface area contributed by atoms with Gasteiger partial charge in [-0.1, -0.05) is 11.6 Å². The first kappa shape index (κ1) is 13.1. The lowest BCUT2D eigenvalue weighted by Gasteiger charge is -2.26. The van der Waals surface area contributed by atoms with Crippen LogP contribution in [-0.4, -0.2) is 50.5 Å². The average molecular weight is 247 g/mol. The van der Waals surface area contributed by atoms with E-state index in [1.807, 2.05) is 13.0 Å². The van der Waals surface area contributed by atoms with Gasteiger partial charge in [0.2, 0.25) is 0 Å². The Labute approximate surface area is 108 Å². The smallest absolute Gasteiger partial charge is 0.0594 e. The molecule has 4 nitrogen and oxygen atoms in total. The number of hydrogen-bond acceptors (Lipinski definition) is 4. The second-order valence-corrected chi connectivity index (χ2v) is 4.62. The first-order chi connectivity index (χ1) is 8.79. The van der Waals surface area contributed by atoms with Gasteiger partial charge in [-0.25, -0.2) is 0 Å². The summed E-state index contributed by atoms with van der Waals surface area (Å²) in [6.07, 6.45) is 1.41. The van der Waals surface area contributed by atoms with E-state index in [-0.39, 0.29) is 0 Å².